The first-order chi connectivity index (χ1) is 15.3. The highest BCUT2D eigenvalue weighted by atomic mass is 16.5. The van der Waals surface area contributed by atoms with Gasteiger partial charge in [0.25, 0.3) is 0 Å². The Hall–Kier alpha value is -2.89. The molecule has 0 aliphatic carbocycles. The van der Waals surface area contributed by atoms with E-state index < -0.39 is 0 Å². The van der Waals surface area contributed by atoms with Crippen LogP contribution in [0.1, 0.15) is 12.2 Å². The van der Waals surface area contributed by atoms with Crippen molar-refractivity contribution in [3.05, 3.63) is 30.1 Å². The van der Waals surface area contributed by atoms with E-state index in [1.54, 1.807) is 24.3 Å². The minimum atomic E-state index is 0.132. The van der Waals surface area contributed by atoms with Crippen LogP contribution in [0.25, 0.3) is 0 Å². The second-order valence-electron chi connectivity index (χ2n) is 7.18. The second-order valence-corrected chi connectivity index (χ2v) is 7.18. The molecule has 0 amide bonds. The average Bonchev–Trinajstić information content (AvgIpc) is 2.82. The Balaban J connectivity index is 1.42. The maximum atomic E-state index is 9.36. The molecule has 0 radical (unpaired) electrons. The summed E-state index contributed by atoms with van der Waals surface area (Å²) in [5.41, 5.74) is 0.637. The van der Waals surface area contributed by atoms with Gasteiger partial charge in [-0.1, -0.05) is 0 Å². The van der Waals surface area contributed by atoms with Gasteiger partial charge >= 0.3 is 6.01 Å². The van der Waals surface area contributed by atoms with Crippen LogP contribution in [0.15, 0.2) is 34.5 Å². The number of ether oxygens (including phenoxy) is 3. The molecule has 0 saturated carbocycles. The van der Waals surface area contributed by atoms with Gasteiger partial charge in [0.2, 0.25) is 5.95 Å². The maximum Gasteiger partial charge on any atom is 0.321 e. The third-order valence-electron chi connectivity index (χ3n) is 4.87. The zero-order chi connectivity index (χ0) is 21.3. The molecule has 1 atom stereocenters. The number of anilines is 1. The Morgan fingerprint density at radius 3 is 2.74 bits per heavy atom. The van der Waals surface area contributed by atoms with Crippen molar-refractivity contribution in [3.63, 3.8) is 0 Å². The Morgan fingerprint density at radius 1 is 1.13 bits per heavy atom. The molecule has 31 heavy (non-hydrogen) atoms. The van der Waals surface area contributed by atoms with Crippen molar-refractivity contribution in [2.75, 3.05) is 57.5 Å². The zero-order valence-electron chi connectivity index (χ0n) is 17.3. The first-order valence-electron chi connectivity index (χ1n) is 10.5. The molecule has 11 heteroatoms. The van der Waals surface area contributed by atoms with Gasteiger partial charge in [-0.15, -0.1) is 0 Å². The Bertz CT molecular complexity index is 853. The topological polar surface area (TPSA) is 127 Å². The number of nitrogens with zero attached hydrogens (tertiary/aromatic N) is 6. The van der Waals surface area contributed by atoms with Gasteiger partial charge in [0.1, 0.15) is 12.3 Å². The highest BCUT2D eigenvalue weighted by Crippen LogP contribution is 2.18. The van der Waals surface area contributed by atoms with Crippen LogP contribution in [-0.2, 0) is 16.0 Å². The molecule has 11 nitrogen and oxygen atoms in total. The molecule has 4 rings (SSSR count). The summed E-state index contributed by atoms with van der Waals surface area (Å²) in [4.78, 5) is 15.5. The van der Waals surface area contributed by atoms with Gasteiger partial charge in [-0.05, 0) is 24.3 Å². The van der Waals surface area contributed by atoms with Crippen molar-refractivity contribution in [2.45, 2.75) is 19.1 Å². The number of benzene rings is 1. The standard InChI is InChI=1S/C20H27N7O4/c28-16-3-1-15(2-4-16)26-22-14-18-23-19(27-7-11-29-12-8-27)25-20(24-18)31-9-5-17-13-21-6-10-30-17/h1-4,17,21,28H,5-14H2. The van der Waals surface area contributed by atoms with E-state index in [4.69, 9.17) is 14.2 Å². The normalized spacial score (nSPS) is 19.6. The number of phenols is 1. The van der Waals surface area contributed by atoms with Crippen LogP contribution in [0.5, 0.6) is 11.8 Å². The number of morpholine rings is 2. The van der Waals surface area contributed by atoms with E-state index in [2.05, 4.69) is 30.5 Å². The van der Waals surface area contributed by atoms with Crippen LogP contribution in [0.3, 0.4) is 0 Å². The number of aromatic hydroxyl groups is 1. The summed E-state index contributed by atoms with van der Waals surface area (Å²) in [5.74, 6) is 1.21. The van der Waals surface area contributed by atoms with Crippen LogP contribution in [0, 0.1) is 0 Å². The zero-order valence-corrected chi connectivity index (χ0v) is 17.3. The molecule has 3 heterocycles. The van der Waals surface area contributed by atoms with Crippen LogP contribution in [0.2, 0.25) is 0 Å². The number of hydrogen-bond donors (Lipinski definition) is 2. The van der Waals surface area contributed by atoms with Gasteiger partial charge in [0.15, 0.2) is 5.82 Å². The molecule has 1 unspecified atom stereocenters. The minimum Gasteiger partial charge on any atom is -0.508 e. The summed E-state index contributed by atoms with van der Waals surface area (Å²) < 4.78 is 17.0. The lowest BCUT2D eigenvalue weighted by Gasteiger charge is -2.27. The summed E-state index contributed by atoms with van der Waals surface area (Å²) >= 11 is 0. The van der Waals surface area contributed by atoms with Gasteiger partial charge < -0.3 is 29.5 Å². The third kappa shape index (κ3) is 6.54. The fourth-order valence-corrected chi connectivity index (χ4v) is 3.21. The second kappa shape index (κ2) is 10.9. The fraction of sp³-hybridized carbons (Fsp3) is 0.550. The number of azo groups is 1. The molecule has 0 bridgehead atoms. The molecule has 0 spiro atoms. The van der Waals surface area contributed by atoms with E-state index in [1.807, 2.05) is 4.90 Å². The van der Waals surface area contributed by atoms with Crippen LogP contribution >= 0.6 is 0 Å². The van der Waals surface area contributed by atoms with Crippen molar-refractivity contribution in [1.82, 2.24) is 20.3 Å². The molecule has 1 aromatic heterocycles. The SMILES string of the molecule is Oc1ccc(N=NCc2nc(OCCC3CNCCO3)nc(N3CCOCC3)n2)cc1. The van der Waals surface area contributed by atoms with E-state index in [0.717, 1.165) is 19.5 Å². The monoisotopic (exact) mass is 429 g/mol. The van der Waals surface area contributed by atoms with Crippen LogP contribution in [-0.4, -0.2) is 78.8 Å². The summed E-state index contributed by atoms with van der Waals surface area (Å²) in [5, 5.41) is 21.0. The Kier molecular flexibility index (Phi) is 7.53. The van der Waals surface area contributed by atoms with E-state index >= 15 is 0 Å². The van der Waals surface area contributed by atoms with Gasteiger partial charge in [0, 0.05) is 32.6 Å². The molecule has 2 fully saturated rings. The number of nitrogens with one attached hydrogen (secondary N) is 1. The number of hydrogen-bond acceptors (Lipinski definition) is 11. The van der Waals surface area contributed by atoms with E-state index in [0.29, 0.717) is 57.0 Å². The molecule has 2 saturated heterocycles. The molecule has 2 aromatic rings. The molecular formula is C20H27N7O4. The van der Waals surface area contributed by atoms with Crippen LogP contribution < -0.4 is 15.0 Å². The molecule has 2 aliphatic rings. The van der Waals surface area contributed by atoms with Crippen molar-refractivity contribution < 1.29 is 19.3 Å². The lowest BCUT2D eigenvalue weighted by Crippen LogP contribution is -2.39. The summed E-state index contributed by atoms with van der Waals surface area (Å²) in [6.07, 6.45) is 0.884. The van der Waals surface area contributed by atoms with E-state index in [-0.39, 0.29) is 24.4 Å². The van der Waals surface area contributed by atoms with Gasteiger partial charge in [-0.3, -0.25) is 0 Å². The number of aromatic nitrogens is 3. The number of phenolic OH excluding ortho intramolecular Hbond substituents is 1. The lowest BCUT2D eigenvalue weighted by atomic mass is 10.2. The Morgan fingerprint density at radius 2 is 1.97 bits per heavy atom. The summed E-state index contributed by atoms with van der Waals surface area (Å²) in [6.45, 7) is 5.73. The van der Waals surface area contributed by atoms with Crippen molar-refractivity contribution in [3.8, 4) is 11.8 Å². The van der Waals surface area contributed by atoms with Crippen LogP contribution in [0.4, 0.5) is 11.6 Å². The average molecular weight is 429 g/mol. The molecule has 1 aromatic carbocycles. The van der Waals surface area contributed by atoms with E-state index in [1.165, 1.54) is 0 Å². The Labute approximate surface area is 180 Å². The van der Waals surface area contributed by atoms with Crippen molar-refractivity contribution in [1.29, 1.82) is 0 Å². The predicted molar refractivity (Wildman–Crippen MR) is 112 cm³/mol. The first kappa shape index (κ1) is 21.3. The molecule has 2 aliphatic heterocycles. The van der Waals surface area contributed by atoms with Gasteiger partial charge in [-0.2, -0.15) is 25.2 Å². The minimum absolute atomic E-state index is 0.132. The maximum absolute atomic E-state index is 9.36. The highest BCUT2D eigenvalue weighted by Gasteiger charge is 2.18. The van der Waals surface area contributed by atoms with Crippen molar-refractivity contribution >= 4 is 11.6 Å². The quantitative estimate of drug-likeness (QED) is 0.600. The van der Waals surface area contributed by atoms with E-state index in [9.17, 15) is 5.11 Å². The smallest absolute Gasteiger partial charge is 0.321 e. The lowest BCUT2D eigenvalue weighted by molar-refractivity contribution is 0.0152. The third-order valence-corrected chi connectivity index (χ3v) is 4.87. The predicted octanol–water partition coefficient (Wildman–Crippen LogP) is 1.45. The van der Waals surface area contributed by atoms with Crippen molar-refractivity contribution in [2.24, 2.45) is 10.2 Å². The fourth-order valence-electron chi connectivity index (χ4n) is 3.21. The number of rotatable bonds is 8. The summed E-state index contributed by atoms with van der Waals surface area (Å²) in [6, 6.07) is 6.76. The highest BCUT2D eigenvalue weighted by molar-refractivity contribution is 5.39. The first-order valence-corrected chi connectivity index (χ1v) is 10.5. The largest absolute Gasteiger partial charge is 0.508 e. The summed E-state index contributed by atoms with van der Waals surface area (Å²) in [7, 11) is 0. The molecule has 2 N–H and O–H groups in total. The van der Waals surface area contributed by atoms with Gasteiger partial charge in [-0.25, -0.2) is 0 Å². The van der Waals surface area contributed by atoms with Gasteiger partial charge in [0.05, 0.1) is 38.2 Å². The molecule has 166 valence electrons. The molecular weight excluding hydrogens is 402 g/mol.